The van der Waals surface area contributed by atoms with Crippen LogP contribution >= 0.6 is 0 Å². The molecule has 4 aromatic carbocycles. The second kappa shape index (κ2) is 7.74. The van der Waals surface area contributed by atoms with Crippen LogP contribution in [-0.2, 0) is 0 Å². The fourth-order valence-corrected chi connectivity index (χ4v) is 5.60. The first kappa shape index (κ1) is 20.2. The summed E-state index contributed by atoms with van der Waals surface area (Å²) in [5.41, 5.74) is 12.7. The zero-order valence-electron chi connectivity index (χ0n) is 19.9. The molecule has 1 aliphatic heterocycles. The molecule has 0 amide bonds. The third-order valence-electron chi connectivity index (χ3n) is 7.35. The number of nitrogens with one attached hydrogen (secondary N) is 1. The van der Waals surface area contributed by atoms with E-state index in [0.29, 0.717) is 0 Å². The highest BCUT2D eigenvalue weighted by molar-refractivity contribution is 6.15. The molecule has 0 fully saturated rings. The van der Waals surface area contributed by atoms with Gasteiger partial charge in [0.2, 0.25) is 0 Å². The Morgan fingerprint density at radius 1 is 0.378 bits per heavy atom. The number of aromatic nitrogens is 3. The van der Waals surface area contributed by atoms with Gasteiger partial charge in [0.05, 0.1) is 33.8 Å². The smallest absolute Gasteiger partial charge is 0.0893 e. The Hall–Kier alpha value is -5.02. The van der Waals surface area contributed by atoms with Crippen molar-refractivity contribution in [1.29, 1.82) is 0 Å². The second-order valence-electron chi connectivity index (χ2n) is 9.56. The lowest BCUT2D eigenvalue weighted by atomic mass is 9.93. The molecule has 1 N–H and O–H groups in total. The van der Waals surface area contributed by atoms with Gasteiger partial charge in [0.1, 0.15) is 0 Å². The van der Waals surface area contributed by atoms with Gasteiger partial charge in [0, 0.05) is 27.5 Å². The van der Waals surface area contributed by atoms with Crippen LogP contribution in [0.25, 0.3) is 78.0 Å². The maximum Gasteiger partial charge on any atom is 0.0893 e. The molecule has 0 saturated carbocycles. The van der Waals surface area contributed by atoms with E-state index in [-0.39, 0.29) is 0 Å². The van der Waals surface area contributed by atoms with Crippen LogP contribution < -0.4 is 0 Å². The van der Waals surface area contributed by atoms with Gasteiger partial charge in [-0.1, -0.05) is 78.9 Å². The largest absolute Gasteiger partial charge is 0.353 e. The third kappa shape index (κ3) is 3.14. The summed E-state index contributed by atoms with van der Waals surface area (Å²) in [5, 5.41) is 2.42. The molecule has 1 aliphatic rings. The van der Waals surface area contributed by atoms with Crippen LogP contribution in [-0.4, -0.2) is 15.0 Å². The molecule has 0 unspecified atom stereocenters. The highest BCUT2D eigenvalue weighted by Crippen LogP contribution is 2.40. The van der Waals surface area contributed by atoms with Crippen LogP contribution in [0.15, 0.2) is 121 Å². The standard InChI is InChI=1S/C34H21N3/c1-2-8-21(9-3-1)22-18-23-20-24(19-22)29-14-6-16-31(35-29)32-17-7-15-30(36-32)28-13-5-12-27-26-11-4-10-25(23)33(26)37-34(27)28/h1-20,37H. The molecule has 0 spiro atoms. The van der Waals surface area contributed by atoms with E-state index >= 15 is 0 Å². The normalized spacial score (nSPS) is 11.8. The Morgan fingerprint density at radius 2 is 0.946 bits per heavy atom. The van der Waals surface area contributed by atoms with E-state index < -0.39 is 0 Å². The molecule has 0 atom stereocenters. The zero-order valence-corrected chi connectivity index (χ0v) is 19.9. The summed E-state index contributed by atoms with van der Waals surface area (Å²) in [6.45, 7) is 0. The van der Waals surface area contributed by atoms with Crippen molar-refractivity contribution >= 4 is 21.8 Å². The summed E-state index contributed by atoms with van der Waals surface area (Å²) in [6.07, 6.45) is 0. The summed E-state index contributed by atoms with van der Waals surface area (Å²) in [6, 6.07) is 42.8. The van der Waals surface area contributed by atoms with Crippen LogP contribution in [0.3, 0.4) is 0 Å². The molecule has 8 bridgehead atoms. The molecule has 0 radical (unpaired) electrons. The molecule has 7 aromatic rings. The molecule has 3 aromatic heterocycles. The number of pyridine rings is 2. The molecular formula is C34H21N3. The van der Waals surface area contributed by atoms with Gasteiger partial charge in [-0.05, 0) is 59.2 Å². The highest BCUT2D eigenvalue weighted by atomic mass is 14.8. The summed E-state index contributed by atoms with van der Waals surface area (Å²) < 4.78 is 0. The van der Waals surface area contributed by atoms with Crippen molar-refractivity contribution in [3.8, 4) is 56.2 Å². The van der Waals surface area contributed by atoms with Gasteiger partial charge < -0.3 is 4.98 Å². The lowest BCUT2D eigenvalue weighted by Gasteiger charge is -2.13. The van der Waals surface area contributed by atoms with Crippen LogP contribution in [0.1, 0.15) is 0 Å². The average Bonchev–Trinajstić information content (AvgIpc) is 3.36. The number of aromatic amines is 1. The van der Waals surface area contributed by atoms with Crippen LogP contribution in [0.5, 0.6) is 0 Å². The number of hydrogen-bond donors (Lipinski definition) is 1. The Bertz CT molecular complexity index is 1980. The first-order valence-corrected chi connectivity index (χ1v) is 12.5. The predicted octanol–water partition coefficient (Wildman–Crippen LogP) is 8.76. The minimum absolute atomic E-state index is 0.865. The van der Waals surface area contributed by atoms with E-state index in [2.05, 4.69) is 114 Å². The van der Waals surface area contributed by atoms with Crippen LogP contribution in [0.2, 0.25) is 0 Å². The van der Waals surface area contributed by atoms with Gasteiger partial charge in [0.15, 0.2) is 0 Å². The molecular weight excluding hydrogens is 450 g/mol. The second-order valence-corrected chi connectivity index (χ2v) is 9.56. The van der Waals surface area contributed by atoms with Crippen molar-refractivity contribution in [3.63, 3.8) is 0 Å². The van der Waals surface area contributed by atoms with Crippen molar-refractivity contribution in [3.05, 3.63) is 121 Å². The van der Waals surface area contributed by atoms with Crippen molar-refractivity contribution < 1.29 is 0 Å². The van der Waals surface area contributed by atoms with Crippen LogP contribution in [0.4, 0.5) is 0 Å². The quantitative estimate of drug-likeness (QED) is 0.260. The van der Waals surface area contributed by atoms with Gasteiger partial charge in [0.25, 0.3) is 0 Å². The van der Waals surface area contributed by atoms with E-state index in [4.69, 9.17) is 9.97 Å². The fraction of sp³-hybridized carbons (Fsp3) is 0. The summed E-state index contributed by atoms with van der Waals surface area (Å²) >= 11 is 0. The minimum Gasteiger partial charge on any atom is -0.353 e. The Kier molecular flexibility index (Phi) is 4.23. The van der Waals surface area contributed by atoms with Crippen molar-refractivity contribution in [2.24, 2.45) is 0 Å². The molecule has 0 saturated heterocycles. The van der Waals surface area contributed by atoms with Gasteiger partial charge in [-0.25, -0.2) is 9.97 Å². The Morgan fingerprint density at radius 3 is 1.73 bits per heavy atom. The number of H-pyrrole nitrogens is 1. The topological polar surface area (TPSA) is 41.6 Å². The lowest BCUT2D eigenvalue weighted by Crippen LogP contribution is -1.94. The van der Waals surface area contributed by atoms with Gasteiger partial charge in [-0.15, -0.1) is 0 Å². The first-order valence-electron chi connectivity index (χ1n) is 12.5. The molecule has 4 heterocycles. The van der Waals surface area contributed by atoms with E-state index in [1.165, 1.54) is 27.5 Å². The van der Waals surface area contributed by atoms with Crippen LogP contribution in [0, 0.1) is 0 Å². The van der Waals surface area contributed by atoms with Crippen molar-refractivity contribution in [2.75, 3.05) is 0 Å². The predicted molar refractivity (Wildman–Crippen MR) is 152 cm³/mol. The number of hydrogen-bond acceptors (Lipinski definition) is 2. The molecule has 8 rings (SSSR count). The SMILES string of the molecule is c1ccc(-c2cc3cc(c2)-c2cccc4c2[nH]c2c(cccc24)-c2cccc(n2)-c2cccc-3n2)cc1. The third-order valence-corrected chi connectivity index (χ3v) is 7.35. The van der Waals surface area contributed by atoms with Gasteiger partial charge in [-0.2, -0.15) is 0 Å². The summed E-state index contributed by atoms with van der Waals surface area (Å²) in [7, 11) is 0. The summed E-state index contributed by atoms with van der Waals surface area (Å²) in [4.78, 5) is 13.9. The number of nitrogens with zero attached hydrogens (tertiary/aromatic N) is 2. The highest BCUT2D eigenvalue weighted by Gasteiger charge is 2.17. The number of rotatable bonds is 1. The van der Waals surface area contributed by atoms with E-state index in [1.54, 1.807) is 0 Å². The first-order chi connectivity index (χ1) is 18.3. The van der Waals surface area contributed by atoms with E-state index in [0.717, 1.165) is 50.5 Å². The molecule has 3 heteroatoms. The number of benzene rings is 4. The fourth-order valence-electron chi connectivity index (χ4n) is 5.60. The monoisotopic (exact) mass is 471 g/mol. The maximum atomic E-state index is 5.09. The summed E-state index contributed by atoms with van der Waals surface area (Å²) in [5.74, 6) is 0. The Balaban J connectivity index is 1.54. The Labute approximate surface area is 214 Å². The van der Waals surface area contributed by atoms with Crippen molar-refractivity contribution in [1.82, 2.24) is 15.0 Å². The zero-order chi connectivity index (χ0) is 24.3. The lowest BCUT2D eigenvalue weighted by molar-refractivity contribution is 1.25. The molecule has 172 valence electrons. The average molecular weight is 472 g/mol. The molecule has 0 aliphatic carbocycles. The van der Waals surface area contributed by atoms with E-state index in [9.17, 15) is 0 Å². The molecule has 37 heavy (non-hydrogen) atoms. The van der Waals surface area contributed by atoms with Crippen molar-refractivity contribution in [2.45, 2.75) is 0 Å². The maximum absolute atomic E-state index is 5.09. The molecule has 3 nitrogen and oxygen atoms in total. The van der Waals surface area contributed by atoms with E-state index in [1.807, 2.05) is 12.1 Å². The van der Waals surface area contributed by atoms with Gasteiger partial charge >= 0.3 is 0 Å². The minimum atomic E-state index is 0.865. The van der Waals surface area contributed by atoms with Gasteiger partial charge in [-0.3, -0.25) is 0 Å². The number of fused-ring (bicyclic) bond motifs is 11. The number of para-hydroxylation sites is 2.